The van der Waals surface area contributed by atoms with Crippen LogP contribution in [0.5, 0.6) is 0 Å². The molecule has 96 valence electrons. The summed E-state index contributed by atoms with van der Waals surface area (Å²) in [5, 5.41) is 4.20. The number of aryl methyl sites for hydroxylation is 1. The van der Waals surface area contributed by atoms with Crippen LogP contribution in [-0.4, -0.2) is 40.4 Å². The lowest BCUT2D eigenvalue weighted by molar-refractivity contribution is 0.170. The molecule has 2 rings (SSSR count). The molecule has 0 saturated heterocycles. The minimum absolute atomic E-state index is 0.361. The standard InChI is InChI=1S/C13H24N4/c1-16(13-6-4-3-5-12(13)14)10-8-11-7-9-15-17(11)2/h7,9,12-13H,3-6,8,10,14H2,1-2H3. The number of aromatic nitrogens is 2. The molecule has 0 aliphatic heterocycles. The van der Waals surface area contributed by atoms with E-state index in [-0.39, 0.29) is 0 Å². The van der Waals surface area contributed by atoms with Crippen LogP contribution in [0.3, 0.4) is 0 Å². The Morgan fingerprint density at radius 2 is 2.24 bits per heavy atom. The summed E-state index contributed by atoms with van der Waals surface area (Å²) < 4.78 is 1.95. The normalized spacial score (nSPS) is 25.4. The van der Waals surface area contributed by atoms with E-state index in [2.05, 4.69) is 23.1 Å². The van der Waals surface area contributed by atoms with Gasteiger partial charge in [-0.25, -0.2) is 0 Å². The second-order valence-corrected chi connectivity index (χ2v) is 5.19. The molecule has 4 heteroatoms. The molecule has 1 fully saturated rings. The smallest absolute Gasteiger partial charge is 0.0492 e. The van der Waals surface area contributed by atoms with Crippen LogP contribution in [0.4, 0.5) is 0 Å². The van der Waals surface area contributed by atoms with Gasteiger partial charge in [0.25, 0.3) is 0 Å². The van der Waals surface area contributed by atoms with Crippen LogP contribution >= 0.6 is 0 Å². The van der Waals surface area contributed by atoms with E-state index in [4.69, 9.17) is 5.73 Å². The SMILES string of the molecule is CN(CCc1ccnn1C)C1CCCCC1N. The van der Waals surface area contributed by atoms with E-state index < -0.39 is 0 Å². The summed E-state index contributed by atoms with van der Waals surface area (Å²) in [5.74, 6) is 0. The summed E-state index contributed by atoms with van der Waals surface area (Å²) in [7, 11) is 4.20. The third-order valence-electron chi connectivity index (χ3n) is 3.99. The second kappa shape index (κ2) is 5.65. The van der Waals surface area contributed by atoms with Crippen LogP contribution in [0, 0.1) is 0 Å². The predicted molar refractivity (Wildman–Crippen MR) is 69.8 cm³/mol. The summed E-state index contributed by atoms with van der Waals surface area (Å²) in [6.07, 6.45) is 7.98. The van der Waals surface area contributed by atoms with Crippen LogP contribution < -0.4 is 5.73 Å². The Balaban J connectivity index is 1.84. The van der Waals surface area contributed by atoms with Crippen molar-refractivity contribution in [3.63, 3.8) is 0 Å². The maximum absolute atomic E-state index is 6.20. The van der Waals surface area contributed by atoms with Crippen molar-refractivity contribution in [3.8, 4) is 0 Å². The highest BCUT2D eigenvalue weighted by Gasteiger charge is 2.25. The average Bonchev–Trinajstić information content (AvgIpc) is 2.72. The molecule has 1 heterocycles. The van der Waals surface area contributed by atoms with E-state index in [0.29, 0.717) is 12.1 Å². The van der Waals surface area contributed by atoms with Gasteiger partial charge in [0, 0.05) is 44.0 Å². The summed E-state index contributed by atoms with van der Waals surface area (Å²) in [4.78, 5) is 2.43. The van der Waals surface area contributed by atoms with Gasteiger partial charge in [-0.15, -0.1) is 0 Å². The molecule has 1 saturated carbocycles. The number of nitrogens with zero attached hydrogens (tertiary/aromatic N) is 3. The first-order valence-electron chi connectivity index (χ1n) is 6.61. The zero-order chi connectivity index (χ0) is 12.3. The fourth-order valence-electron chi connectivity index (χ4n) is 2.79. The summed E-state index contributed by atoms with van der Waals surface area (Å²) in [6.45, 7) is 1.07. The largest absolute Gasteiger partial charge is 0.326 e. The van der Waals surface area contributed by atoms with Crippen LogP contribution in [0.2, 0.25) is 0 Å². The van der Waals surface area contributed by atoms with Crippen LogP contribution in [0.15, 0.2) is 12.3 Å². The van der Waals surface area contributed by atoms with Gasteiger partial charge in [-0.2, -0.15) is 5.10 Å². The molecular formula is C13H24N4. The Bertz CT molecular complexity index is 347. The molecule has 4 nitrogen and oxygen atoms in total. The molecule has 1 aliphatic carbocycles. The molecule has 1 aromatic heterocycles. The first-order chi connectivity index (χ1) is 8.18. The van der Waals surface area contributed by atoms with Gasteiger partial charge in [-0.05, 0) is 26.0 Å². The molecule has 0 aromatic carbocycles. The first-order valence-corrected chi connectivity index (χ1v) is 6.61. The minimum Gasteiger partial charge on any atom is -0.326 e. The fourth-order valence-corrected chi connectivity index (χ4v) is 2.79. The van der Waals surface area contributed by atoms with Gasteiger partial charge < -0.3 is 10.6 Å². The molecule has 2 N–H and O–H groups in total. The number of nitrogens with two attached hydrogens (primary N) is 1. The number of rotatable bonds is 4. The van der Waals surface area contributed by atoms with E-state index in [1.807, 2.05) is 17.9 Å². The van der Waals surface area contributed by atoms with Gasteiger partial charge in [0.1, 0.15) is 0 Å². The minimum atomic E-state index is 0.361. The molecule has 17 heavy (non-hydrogen) atoms. The Hall–Kier alpha value is -0.870. The second-order valence-electron chi connectivity index (χ2n) is 5.19. The third kappa shape index (κ3) is 3.07. The molecule has 0 amide bonds. The van der Waals surface area contributed by atoms with E-state index >= 15 is 0 Å². The summed E-state index contributed by atoms with van der Waals surface area (Å²) in [5.41, 5.74) is 7.49. The van der Waals surface area contributed by atoms with E-state index in [1.165, 1.54) is 31.4 Å². The van der Waals surface area contributed by atoms with Gasteiger partial charge in [-0.1, -0.05) is 12.8 Å². The lowest BCUT2D eigenvalue weighted by Gasteiger charge is -2.36. The predicted octanol–water partition coefficient (Wildman–Crippen LogP) is 1.16. The van der Waals surface area contributed by atoms with Gasteiger partial charge in [-0.3, -0.25) is 4.68 Å². The van der Waals surface area contributed by atoms with Crippen molar-refractivity contribution in [1.82, 2.24) is 14.7 Å². The molecular weight excluding hydrogens is 212 g/mol. The van der Waals surface area contributed by atoms with Crippen molar-refractivity contribution in [2.45, 2.75) is 44.2 Å². The highest BCUT2D eigenvalue weighted by Crippen LogP contribution is 2.21. The van der Waals surface area contributed by atoms with Crippen molar-refractivity contribution in [2.75, 3.05) is 13.6 Å². The van der Waals surface area contributed by atoms with Gasteiger partial charge in [0.15, 0.2) is 0 Å². The number of hydrogen-bond donors (Lipinski definition) is 1. The molecule has 1 aliphatic rings. The average molecular weight is 236 g/mol. The lowest BCUT2D eigenvalue weighted by atomic mass is 9.90. The molecule has 0 bridgehead atoms. The summed E-state index contributed by atoms with van der Waals surface area (Å²) >= 11 is 0. The maximum atomic E-state index is 6.20. The van der Waals surface area contributed by atoms with Crippen molar-refractivity contribution < 1.29 is 0 Å². The zero-order valence-electron chi connectivity index (χ0n) is 11.0. The van der Waals surface area contributed by atoms with E-state index in [1.54, 1.807) is 0 Å². The molecule has 2 unspecified atom stereocenters. The van der Waals surface area contributed by atoms with E-state index in [9.17, 15) is 0 Å². The fraction of sp³-hybridized carbons (Fsp3) is 0.769. The lowest BCUT2D eigenvalue weighted by Crippen LogP contribution is -2.48. The Labute approximate surface area is 104 Å². The first kappa shape index (κ1) is 12.6. The highest BCUT2D eigenvalue weighted by atomic mass is 15.3. The monoisotopic (exact) mass is 236 g/mol. The number of hydrogen-bond acceptors (Lipinski definition) is 3. The Kier molecular flexibility index (Phi) is 4.18. The van der Waals surface area contributed by atoms with Gasteiger partial charge in [0.2, 0.25) is 0 Å². The quantitative estimate of drug-likeness (QED) is 0.853. The Morgan fingerprint density at radius 1 is 1.47 bits per heavy atom. The van der Waals surface area contributed by atoms with Gasteiger partial charge in [0.05, 0.1) is 0 Å². The zero-order valence-corrected chi connectivity index (χ0v) is 11.0. The highest BCUT2D eigenvalue weighted by molar-refractivity contribution is 5.00. The van der Waals surface area contributed by atoms with E-state index in [0.717, 1.165) is 13.0 Å². The Morgan fingerprint density at radius 3 is 2.88 bits per heavy atom. The summed E-state index contributed by atoms with van der Waals surface area (Å²) in [6, 6.07) is 3.02. The van der Waals surface area contributed by atoms with Crippen LogP contribution in [0.1, 0.15) is 31.4 Å². The number of likely N-dealkylation sites (N-methyl/N-ethyl adjacent to an activating group) is 1. The van der Waals surface area contributed by atoms with Crippen LogP contribution in [0.25, 0.3) is 0 Å². The molecule has 0 radical (unpaired) electrons. The van der Waals surface area contributed by atoms with Gasteiger partial charge >= 0.3 is 0 Å². The van der Waals surface area contributed by atoms with Crippen molar-refractivity contribution in [3.05, 3.63) is 18.0 Å². The van der Waals surface area contributed by atoms with Crippen molar-refractivity contribution in [1.29, 1.82) is 0 Å². The van der Waals surface area contributed by atoms with Crippen molar-refractivity contribution in [2.24, 2.45) is 12.8 Å². The molecule has 1 aromatic rings. The maximum Gasteiger partial charge on any atom is 0.0492 e. The molecule has 2 atom stereocenters. The van der Waals surface area contributed by atoms with Crippen molar-refractivity contribution >= 4 is 0 Å². The van der Waals surface area contributed by atoms with Crippen LogP contribution in [-0.2, 0) is 13.5 Å². The molecule has 0 spiro atoms. The topological polar surface area (TPSA) is 47.1 Å². The third-order valence-corrected chi connectivity index (χ3v) is 3.99.